The lowest BCUT2D eigenvalue weighted by Gasteiger charge is -2.02. The summed E-state index contributed by atoms with van der Waals surface area (Å²) in [5.74, 6) is -1.18. The third-order valence-electron chi connectivity index (χ3n) is 2.14. The molecule has 88 valence electrons. The maximum atomic E-state index is 12.9. The number of thiophene rings is 1. The minimum absolute atomic E-state index is 0.260. The second kappa shape index (κ2) is 4.89. The number of rotatable bonds is 3. The molecule has 0 amide bonds. The van der Waals surface area contributed by atoms with Crippen LogP contribution in [0.5, 0.6) is 0 Å². The van der Waals surface area contributed by atoms with E-state index in [9.17, 15) is 9.18 Å². The molecule has 0 saturated heterocycles. The van der Waals surface area contributed by atoms with Gasteiger partial charge in [0.25, 0.3) is 0 Å². The molecule has 17 heavy (non-hydrogen) atoms. The van der Waals surface area contributed by atoms with Gasteiger partial charge in [-0.05, 0) is 42.8 Å². The van der Waals surface area contributed by atoms with Crippen LogP contribution in [0.4, 0.5) is 4.39 Å². The van der Waals surface area contributed by atoms with Gasteiger partial charge in [0, 0.05) is 4.90 Å². The molecule has 0 bridgehead atoms. The van der Waals surface area contributed by atoms with Crippen LogP contribution in [-0.4, -0.2) is 11.1 Å². The monoisotopic (exact) mass is 268 g/mol. The summed E-state index contributed by atoms with van der Waals surface area (Å²) in [4.78, 5) is 12.0. The van der Waals surface area contributed by atoms with Gasteiger partial charge < -0.3 is 5.11 Å². The van der Waals surface area contributed by atoms with Gasteiger partial charge in [0.15, 0.2) is 0 Å². The summed E-state index contributed by atoms with van der Waals surface area (Å²) in [5.41, 5.74) is 0.847. The molecule has 0 spiro atoms. The first-order chi connectivity index (χ1) is 8.06. The lowest BCUT2D eigenvalue weighted by Crippen LogP contribution is -1.89. The molecule has 1 heterocycles. The Morgan fingerprint density at radius 2 is 2.12 bits per heavy atom. The Kier molecular flexibility index (Phi) is 3.49. The molecule has 2 rings (SSSR count). The van der Waals surface area contributed by atoms with Crippen molar-refractivity contribution in [3.05, 3.63) is 46.6 Å². The van der Waals surface area contributed by atoms with Crippen LogP contribution in [0.2, 0.25) is 0 Å². The number of halogens is 1. The van der Waals surface area contributed by atoms with Gasteiger partial charge in [0.1, 0.15) is 10.7 Å². The van der Waals surface area contributed by atoms with E-state index in [1.54, 1.807) is 18.2 Å². The second-order valence-electron chi connectivity index (χ2n) is 3.44. The molecule has 0 saturated carbocycles. The number of aryl methyl sites for hydroxylation is 1. The van der Waals surface area contributed by atoms with Crippen LogP contribution in [0.25, 0.3) is 0 Å². The molecular formula is C12H9FO2S2. The molecule has 0 aliphatic carbocycles. The summed E-state index contributed by atoms with van der Waals surface area (Å²) in [6.45, 7) is 1.83. The van der Waals surface area contributed by atoms with Gasteiger partial charge in [-0.1, -0.05) is 11.8 Å². The van der Waals surface area contributed by atoms with Crippen molar-refractivity contribution in [3.8, 4) is 0 Å². The average molecular weight is 268 g/mol. The van der Waals surface area contributed by atoms with E-state index in [1.165, 1.54) is 35.2 Å². The number of benzene rings is 1. The summed E-state index contributed by atoms with van der Waals surface area (Å²) in [6.07, 6.45) is 0. The molecule has 2 nitrogen and oxygen atoms in total. The SMILES string of the molecule is Cc1cc(F)ccc1Sc1ccc(C(=O)O)s1. The van der Waals surface area contributed by atoms with Crippen LogP contribution in [0.3, 0.4) is 0 Å². The normalized spacial score (nSPS) is 10.5. The maximum absolute atomic E-state index is 12.9. The highest BCUT2D eigenvalue weighted by molar-refractivity contribution is 8.01. The molecule has 0 unspecified atom stereocenters. The minimum Gasteiger partial charge on any atom is -0.477 e. The van der Waals surface area contributed by atoms with Crippen molar-refractivity contribution in [1.29, 1.82) is 0 Å². The van der Waals surface area contributed by atoms with Crippen molar-refractivity contribution in [2.24, 2.45) is 0 Å². The van der Waals surface area contributed by atoms with E-state index in [0.29, 0.717) is 4.88 Å². The minimum atomic E-state index is -0.919. The number of carboxylic acids is 1. The standard InChI is InChI=1S/C12H9FO2S2/c1-7-6-8(13)2-3-9(7)16-11-5-4-10(17-11)12(14)15/h2-6H,1H3,(H,14,15). The van der Waals surface area contributed by atoms with Crippen molar-refractivity contribution in [1.82, 2.24) is 0 Å². The number of hydrogen-bond acceptors (Lipinski definition) is 3. The highest BCUT2D eigenvalue weighted by Crippen LogP contribution is 2.35. The fraction of sp³-hybridized carbons (Fsp3) is 0.0833. The highest BCUT2D eigenvalue weighted by Gasteiger charge is 2.09. The number of aromatic carboxylic acids is 1. The third-order valence-corrected chi connectivity index (χ3v) is 4.52. The van der Waals surface area contributed by atoms with Gasteiger partial charge >= 0.3 is 5.97 Å². The lowest BCUT2D eigenvalue weighted by molar-refractivity contribution is 0.0702. The zero-order chi connectivity index (χ0) is 12.4. The van der Waals surface area contributed by atoms with Crippen LogP contribution in [-0.2, 0) is 0 Å². The highest BCUT2D eigenvalue weighted by atomic mass is 32.2. The first-order valence-electron chi connectivity index (χ1n) is 4.83. The van der Waals surface area contributed by atoms with Gasteiger partial charge in [-0.3, -0.25) is 0 Å². The van der Waals surface area contributed by atoms with Gasteiger partial charge in [-0.2, -0.15) is 0 Å². The van der Waals surface area contributed by atoms with Gasteiger partial charge in [-0.15, -0.1) is 11.3 Å². The van der Waals surface area contributed by atoms with E-state index in [0.717, 1.165) is 14.7 Å². The number of carbonyl (C=O) groups is 1. The quantitative estimate of drug-likeness (QED) is 0.912. The maximum Gasteiger partial charge on any atom is 0.345 e. The zero-order valence-electron chi connectivity index (χ0n) is 8.94. The summed E-state index contributed by atoms with van der Waals surface area (Å²) >= 11 is 2.67. The fourth-order valence-electron chi connectivity index (χ4n) is 1.33. The molecule has 1 N–H and O–H groups in total. The Hall–Kier alpha value is -1.33. The zero-order valence-corrected chi connectivity index (χ0v) is 10.6. The van der Waals surface area contributed by atoms with E-state index in [2.05, 4.69) is 0 Å². The van der Waals surface area contributed by atoms with Crippen LogP contribution in [0.1, 0.15) is 15.2 Å². The Bertz CT molecular complexity index is 563. The number of carboxylic acid groups (broad SMARTS) is 1. The van der Waals surface area contributed by atoms with Crippen LogP contribution in [0.15, 0.2) is 39.4 Å². The Labute approximate surface area is 106 Å². The average Bonchev–Trinajstić information content (AvgIpc) is 2.71. The largest absolute Gasteiger partial charge is 0.477 e. The van der Waals surface area contributed by atoms with E-state index in [4.69, 9.17) is 5.11 Å². The molecule has 0 atom stereocenters. The smallest absolute Gasteiger partial charge is 0.345 e. The topological polar surface area (TPSA) is 37.3 Å². The third kappa shape index (κ3) is 2.87. The molecule has 0 aliphatic heterocycles. The fourth-order valence-corrected chi connectivity index (χ4v) is 3.32. The Balaban J connectivity index is 2.22. The number of hydrogen-bond donors (Lipinski definition) is 1. The van der Waals surface area contributed by atoms with E-state index in [1.807, 2.05) is 6.92 Å². The second-order valence-corrected chi connectivity index (χ2v) is 5.86. The predicted octanol–water partition coefficient (Wildman–Crippen LogP) is 4.05. The van der Waals surface area contributed by atoms with Crippen molar-refractivity contribution < 1.29 is 14.3 Å². The van der Waals surface area contributed by atoms with Crippen LogP contribution in [0, 0.1) is 12.7 Å². The molecule has 5 heteroatoms. The van der Waals surface area contributed by atoms with E-state index < -0.39 is 5.97 Å². The van der Waals surface area contributed by atoms with Gasteiger partial charge in [0.2, 0.25) is 0 Å². The van der Waals surface area contributed by atoms with Gasteiger partial charge in [-0.25, -0.2) is 9.18 Å². The van der Waals surface area contributed by atoms with Crippen LogP contribution < -0.4 is 0 Å². The molecule has 0 radical (unpaired) electrons. The summed E-state index contributed by atoms with van der Waals surface area (Å²) in [5, 5.41) is 8.81. The van der Waals surface area contributed by atoms with Crippen molar-refractivity contribution in [2.75, 3.05) is 0 Å². The summed E-state index contributed by atoms with van der Waals surface area (Å²) in [7, 11) is 0. The first kappa shape index (κ1) is 12.1. The Morgan fingerprint density at radius 1 is 1.35 bits per heavy atom. The van der Waals surface area contributed by atoms with Crippen molar-refractivity contribution in [3.63, 3.8) is 0 Å². The van der Waals surface area contributed by atoms with Crippen molar-refractivity contribution >= 4 is 29.1 Å². The molecule has 0 fully saturated rings. The van der Waals surface area contributed by atoms with Crippen LogP contribution >= 0.6 is 23.1 Å². The molecule has 1 aromatic heterocycles. The molecular weight excluding hydrogens is 259 g/mol. The summed E-state index contributed by atoms with van der Waals surface area (Å²) < 4.78 is 13.8. The molecule has 0 aliphatic rings. The predicted molar refractivity (Wildman–Crippen MR) is 66.5 cm³/mol. The van der Waals surface area contributed by atoms with E-state index >= 15 is 0 Å². The summed E-state index contributed by atoms with van der Waals surface area (Å²) in [6, 6.07) is 7.92. The van der Waals surface area contributed by atoms with Crippen molar-refractivity contribution in [2.45, 2.75) is 16.0 Å². The van der Waals surface area contributed by atoms with Gasteiger partial charge in [0.05, 0.1) is 4.21 Å². The Morgan fingerprint density at radius 3 is 2.71 bits per heavy atom. The van der Waals surface area contributed by atoms with E-state index in [-0.39, 0.29) is 5.82 Å². The lowest BCUT2D eigenvalue weighted by atomic mass is 10.2. The molecule has 1 aromatic carbocycles. The molecule has 2 aromatic rings. The first-order valence-corrected chi connectivity index (χ1v) is 6.46.